The minimum atomic E-state index is -0.234. The third-order valence-electron chi connectivity index (χ3n) is 2.20. The Morgan fingerprint density at radius 3 is 2.91 bits per heavy atom. The normalized spacial score (nSPS) is 34.1. The van der Waals surface area contributed by atoms with E-state index < -0.39 is 0 Å². The lowest BCUT2D eigenvalue weighted by Crippen LogP contribution is -2.41. The maximum absolute atomic E-state index is 9.02. The van der Waals surface area contributed by atoms with E-state index in [4.69, 9.17) is 5.11 Å². The highest BCUT2D eigenvalue weighted by Crippen LogP contribution is 2.05. The van der Waals surface area contributed by atoms with Gasteiger partial charge < -0.3 is 15.7 Å². The zero-order chi connectivity index (χ0) is 8.27. The summed E-state index contributed by atoms with van der Waals surface area (Å²) in [4.78, 5) is 0. The summed E-state index contributed by atoms with van der Waals surface area (Å²) in [5.74, 6) is 0. The molecular weight excluding hydrogens is 140 g/mol. The molecule has 3 N–H and O–H groups in total. The van der Waals surface area contributed by atoms with Crippen molar-refractivity contribution >= 4 is 0 Å². The van der Waals surface area contributed by atoms with E-state index in [2.05, 4.69) is 17.6 Å². The van der Waals surface area contributed by atoms with Crippen LogP contribution in [-0.4, -0.2) is 36.4 Å². The number of hydrogen-bond donors (Lipinski definition) is 3. The Morgan fingerprint density at radius 2 is 2.45 bits per heavy atom. The SMILES string of the molecule is C[C@H](O)CN[C@H]1CCN[C@H]1C. The molecule has 0 bridgehead atoms. The first kappa shape index (κ1) is 8.97. The zero-order valence-corrected chi connectivity index (χ0v) is 7.30. The largest absolute Gasteiger partial charge is 0.392 e. The van der Waals surface area contributed by atoms with Crippen LogP contribution in [0.25, 0.3) is 0 Å². The van der Waals surface area contributed by atoms with Gasteiger partial charge in [0.1, 0.15) is 0 Å². The van der Waals surface area contributed by atoms with Crippen LogP contribution in [0.4, 0.5) is 0 Å². The van der Waals surface area contributed by atoms with Crippen molar-refractivity contribution in [3.05, 3.63) is 0 Å². The molecule has 0 unspecified atom stereocenters. The van der Waals surface area contributed by atoms with Crippen molar-refractivity contribution in [2.45, 2.75) is 38.5 Å². The minimum absolute atomic E-state index is 0.234. The van der Waals surface area contributed by atoms with E-state index in [-0.39, 0.29) is 6.10 Å². The van der Waals surface area contributed by atoms with Crippen molar-refractivity contribution in [2.75, 3.05) is 13.1 Å². The fourth-order valence-electron chi connectivity index (χ4n) is 1.46. The average Bonchev–Trinajstić information content (AvgIpc) is 2.31. The summed E-state index contributed by atoms with van der Waals surface area (Å²) in [5, 5.41) is 15.7. The monoisotopic (exact) mass is 158 g/mol. The van der Waals surface area contributed by atoms with Crippen LogP contribution in [0.3, 0.4) is 0 Å². The summed E-state index contributed by atoms with van der Waals surface area (Å²) in [6.45, 7) is 5.78. The maximum Gasteiger partial charge on any atom is 0.0636 e. The van der Waals surface area contributed by atoms with Crippen LogP contribution in [0.2, 0.25) is 0 Å². The van der Waals surface area contributed by atoms with Crippen molar-refractivity contribution in [1.82, 2.24) is 10.6 Å². The van der Waals surface area contributed by atoms with Gasteiger partial charge in [0.2, 0.25) is 0 Å². The molecule has 0 aromatic heterocycles. The summed E-state index contributed by atoms with van der Waals surface area (Å²) >= 11 is 0. The minimum Gasteiger partial charge on any atom is -0.392 e. The highest BCUT2D eigenvalue weighted by molar-refractivity contribution is 4.85. The molecule has 0 radical (unpaired) electrons. The van der Waals surface area contributed by atoms with Gasteiger partial charge >= 0.3 is 0 Å². The van der Waals surface area contributed by atoms with Crippen molar-refractivity contribution in [3.8, 4) is 0 Å². The Balaban J connectivity index is 2.15. The van der Waals surface area contributed by atoms with Crippen molar-refractivity contribution in [3.63, 3.8) is 0 Å². The molecule has 0 saturated carbocycles. The van der Waals surface area contributed by atoms with Crippen LogP contribution in [0.5, 0.6) is 0 Å². The quantitative estimate of drug-likeness (QED) is 0.529. The summed E-state index contributed by atoms with van der Waals surface area (Å²) in [6.07, 6.45) is 0.941. The second-order valence-corrected chi connectivity index (χ2v) is 3.40. The van der Waals surface area contributed by atoms with Crippen LogP contribution in [-0.2, 0) is 0 Å². The molecule has 0 amide bonds. The topological polar surface area (TPSA) is 44.3 Å². The number of aliphatic hydroxyl groups excluding tert-OH is 1. The predicted octanol–water partition coefficient (Wildman–Crippen LogP) is -0.293. The van der Waals surface area contributed by atoms with Crippen molar-refractivity contribution in [2.24, 2.45) is 0 Å². The zero-order valence-electron chi connectivity index (χ0n) is 7.30. The fraction of sp³-hybridized carbons (Fsp3) is 1.00. The van der Waals surface area contributed by atoms with Gasteiger partial charge in [0.15, 0.2) is 0 Å². The molecule has 66 valence electrons. The van der Waals surface area contributed by atoms with Gasteiger partial charge in [0.25, 0.3) is 0 Å². The average molecular weight is 158 g/mol. The van der Waals surface area contributed by atoms with Crippen LogP contribution in [0.1, 0.15) is 20.3 Å². The Hall–Kier alpha value is -0.120. The van der Waals surface area contributed by atoms with Gasteiger partial charge in [-0.3, -0.25) is 0 Å². The van der Waals surface area contributed by atoms with E-state index in [1.165, 1.54) is 6.42 Å². The molecule has 1 aliphatic heterocycles. The van der Waals surface area contributed by atoms with E-state index in [1.54, 1.807) is 6.92 Å². The lowest BCUT2D eigenvalue weighted by molar-refractivity contribution is 0.185. The molecule has 0 aromatic carbocycles. The summed E-state index contributed by atoms with van der Waals surface area (Å²) in [7, 11) is 0. The Kier molecular flexibility index (Phi) is 3.30. The van der Waals surface area contributed by atoms with Crippen molar-refractivity contribution < 1.29 is 5.11 Å². The standard InChI is InChI=1S/C8H18N2O/c1-6(11)5-10-8-3-4-9-7(8)2/h6-11H,3-5H2,1-2H3/t6-,7-,8-/m0/s1. The Labute approximate surface area is 68.2 Å². The van der Waals surface area contributed by atoms with E-state index in [0.29, 0.717) is 18.6 Å². The summed E-state index contributed by atoms with van der Waals surface area (Å²) in [5.41, 5.74) is 0. The van der Waals surface area contributed by atoms with E-state index in [0.717, 1.165) is 6.54 Å². The highest BCUT2D eigenvalue weighted by atomic mass is 16.3. The van der Waals surface area contributed by atoms with Gasteiger partial charge in [0.05, 0.1) is 6.10 Å². The summed E-state index contributed by atoms with van der Waals surface area (Å²) < 4.78 is 0. The molecule has 0 spiro atoms. The van der Waals surface area contributed by atoms with Crippen LogP contribution < -0.4 is 10.6 Å². The van der Waals surface area contributed by atoms with Gasteiger partial charge in [0, 0.05) is 18.6 Å². The van der Waals surface area contributed by atoms with Crippen LogP contribution in [0.15, 0.2) is 0 Å². The molecule has 0 aromatic rings. The molecule has 3 nitrogen and oxygen atoms in total. The molecule has 1 aliphatic rings. The first-order valence-corrected chi connectivity index (χ1v) is 4.35. The van der Waals surface area contributed by atoms with Gasteiger partial charge in [-0.2, -0.15) is 0 Å². The molecule has 1 rings (SSSR count). The Bertz CT molecular complexity index is 117. The van der Waals surface area contributed by atoms with Crippen LogP contribution in [0, 0.1) is 0 Å². The predicted molar refractivity (Wildman–Crippen MR) is 45.6 cm³/mol. The molecule has 1 fully saturated rings. The number of aliphatic hydroxyl groups is 1. The van der Waals surface area contributed by atoms with E-state index >= 15 is 0 Å². The molecule has 3 atom stereocenters. The van der Waals surface area contributed by atoms with Gasteiger partial charge in [-0.1, -0.05) is 0 Å². The second kappa shape index (κ2) is 4.04. The molecule has 1 saturated heterocycles. The number of rotatable bonds is 3. The lowest BCUT2D eigenvalue weighted by atomic mass is 10.1. The third kappa shape index (κ3) is 2.77. The molecule has 11 heavy (non-hydrogen) atoms. The molecule has 0 aliphatic carbocycles. The second-order valence-electron chi connectivity index (χ2n) is 3.40. The van der Waals surface area contributed by atoms with Gasteiger partial charge in [-0.25, -0.2) is 0 Å². The van der Waals surface area contributed by atoms with Gasteiger partial charge in [-0.15, -0.1) is 0 Å². The first-order valence-electron chi connectivity index (χ1n) is 4.35. The third-order valence-corrected chi connectivity index (χ3v) is 2.20. The van der Waals surface area contributed by atoms with E-state index in [1.807, 2.05) is 0 Å². The molecule has 1 heterocycles. The van der Waals surface area contributed by atoms with Gasteiger partial charge in [-0.05, 0) is 26.8 Å². The molecule has 3 heteroatoms. The number of hydrogen-bond acceptors (Lipinski definition) is 3. The first-order chi connectivity index (χ1) is 5.20. The van der Waals surface area contributed by atoms with Crippen LogP contribution >= 0.6 is 0 Å². The fourth-order valence-corrected chi connectivity index (χ4v) is 1.46. The lowest BCUT2D eigenvalue weighted by Gasteiger charge is -2.17. The Morgan fingerprint density at radius 1 is 1.73 bits per heavy atom. The smallest absolute Gasteiger partial charge is 0.0636 e. The molecular formula is C8H18N2O. The van der Waals surface area contributed by atoms with Crippen molar-refractivity contribution in [1.29, 1.82) is 0 Å². The summed E-state index contributed by atoms with van der Waals surface area (Å²) in [6, 6.07) is 1.10. The highest BCUT2D eigenvalue weighted by Gasteiger charge is 2.21. The van der Waals surface area contributed by atoms with E-state index in [9.17, 15) is 0 Å². The number of nitrogens with one attached hydrogen (secondary N) is 2. The maximum atomic E-state index is 9.02.